The lowest BCUT2D eigenvalue weighted by Gasteiger charge is -2.08. The summed E-state index contributed by atoms with van der Waals surface area (Å²) in [7, 11) is 0. The fourth-order valence-corrected chi connectivity index (χ4v) is 2.42. The van der Waals surface area contributed by atoms with Crippen LogP contribution in [0.25, 0.3) is 11.3 Å². The number of aromatic nitrogens is 1. The Morgan fingerprint density at radius 1 is 1.14 bits per heavy atom. The van der Waals surface area contributed by atoms with Crippen LogP contribution in [0.2, 0.25) is 0 Å². The van der Waals surface area contributed by atoms with Crippen LogP contribution >= 0.6 is 0 Å². The lowest BCUT2D eigenvalue weighted by Crippen LogP contribution is -2.11. The average Bonchev–Trinajstić information content (AvgIpc) is 2.52. The minimum absolute atomic E-state index is 0.405. The van der Waals surface area contributed by atoms with Crippen molar-refractivity contribution >= 4 is 5.91 Å². The van der Waals surface area contributed by atoms with Gasteiger partial charge >= 0.3 is 0 Å². The van der Waals surface area contributed by atoms with Gasteiger partial charge in [-0.05, 0) is 68.1 Å². The first-order chi connectivity index (χ1) is 10.6. The minimum atomic E-state index is -0.405. The van der Waals surface area contributed by atoms with Gasteiger partial charge in [0.25, 0.3) is 0 Å². The van der Waals surface area contributed by atoms with E-state index in [0.717, 1.165) is 54.6 Å². The fourth-order valence-electron chi connectivity index (χ4n) is 2.42. The number of hydrogen-bond donors (Lipinski definition) is 2. The summed E-state index contributed by atoms with van der Waals surface area (Å²) in [6.45, 7) is 2.72. The second-order valence-electron chi connectivity index (χ2n) is 5.60. The summed E-state index contributed by atoms with van der Waals surface area (Å²) in [6.07, 6.45) is 5.92. The van der Waals surface area contributed by atoms with Crippen molar-refractivity contribution in [2.45, 2.75) is 32.6 Å². The van der Waals surface area contributed by atoms with E-state index >= 15 is 0 Å². The molecule has 1 aromatic heterocycles. The van der Waals surface area contributed by atoms with Gasteiger partial charge in [0, 0.05) is 17.3 Å². The molecule has 0 aliphatic rings. The number of nitrogens with two attached hydrogens (primary N) is 2. The van der Waals surface area contributed by atoms with Crippen molar-refractivity contribution < 1.29 is 4.79 Å². The predicted molar refractivity (Wildman–Crippen MR) is 89.5 cm³/mol. The van der Waals surface area contributed by atoms with Gasteiger partial charge < -0.3 is 11.5 Å². The van der Waals surface area contributed by atoms with Crippen LogP contribution in [0.3, 0.4) is 0 Å². The van der Waals surface area contributed by atoms with Crippen molar-refractivity contribution in [3.63, 3.8) is 0 Å². The van der Waals surface area contributed by atoms with Gasteiger partial charge in [-0.3, -0.25) is 9.78 Å². The molecule has 116 valence electrons. The molecule has 0 radical (unpaired) electrons. The molecule has 0 aliphatic carbocycles. The molecule has 2 rings (SSSR count). The van der Waals surface area contributed by atoms with Crippen LogP contribution < -0.4 is 11.5 Å². The van der Waals surface area contributed by atoms with Gasteiger partial charge in [-0.25, -0.2) is 0 Å². The highest BCUT2D eigenvalue weighted by Crippen LogP contribution is 2.22. The average molecular weight is 297 g/mol. The molecule has 0 spiro atoms. The van der Waals surface area contributed by atoms with Gasteiger partial charge in [-0.15, -0.1) is 0 Å². The first kappa shape index (κ1) is 16.2. The molecule has 0 atom stereocenters. The summed E-state index contributed by atoms with van der Waals surface area (Å²) in [5, 5.41) is 0. The molecule has 0 aliphatic heterocycles. The molecule has 2 aromatic rings. The van der Waals surface area contributed by atoms with Gasteiger partial charge in [-0.1, -0.05) is 12.5 Å². The van der Waals surface area contributed by atoms with Gasteiger partial charge in [-0.2, -0.15) is 0 Å². The fraction of sp³-hybridized carbons (Fsp3) is 0.333. The molecular weight excluding hydrogens is 274 g/mol. The maximum absolute atomic E-state index is 11.6. The minimum Gasteiger partial charge on any atom is -0.366 e. The van der Waals surface area contributed by atoms with Gasteiger partial charge in [0.2, 0.25) is 5.91 Å². The summed E-state index contributed by atoms with van der Waals surface area (Å²) in [6, 6.07) is 9.76. The number of benzene rings is 1. The smallest absolute Gasteiger partial charge is 0.248 e. The van der Waals surface area contributed by atoms with E-state index in [4.69, 9.17) is 11.5 Å². The summed E-state index contributed by atoms with van der Waals surface area (Å²) in [5.41, 5.74) is 15.5. The van der Waals surface area contributed by atoms with Crippen molar-refractivity contribution in [3.05, 3.63) is 53.2 Å². The largest absolute Gasteiger partial charge is 0.366 e. The van der Waals surface area contributed by atoms with Gasteiger partial charge in [0.15, 0.2) is 0 Å². The molecule has 1 amide bonds. The van der Waals surface area contributed by atoms with Crippen molar-refractivity contribution in [2.75, 3.05) is 6.54 Å². The van der Waals surface area contributed by atoms with Crippen LogP contribution in [0.15, 0.2) is 36.5 Å². The number of carbonyl (C=O) groups excluding carboxylic acids is 1. The third-order valence-electron chi connectivity index (χ3n) is 3.65. The maximum Gasteiger partial charge on any atom is 0.248 e. The first-order valence-corrected chi connectivity index (χ1v) is 7.67. The topological polar surface area (TPSA) is 82.0 Å². The van der Waals surface area contributed by atoms with E-state index in [2.05, 4.69) is 11.1 Å². The van der Waals surface area contributed by atoms with Crippen molar-refractivity contribution in [3.8, 4) is 11.3 Å². The second kappa shape index (κ2) is 7.71. The lowest BCUT2D eigenvalue weighted by molar-refractivity contribution is 0.1000. The van der Waals surface area contributed by atoms with E-state index in [1.165, 1.54) is 0 Å². The molecule has 0 saturated heterocycles. The number of pyridine rings is 1. The Hall–Kier alpha value is -2.20. The first-order valence-electron chi connectivity index (χ1n) is 7.67. The van der Waals surface area contributed by atoms with E-state index in [9.17, 15) is 4.79 Å². The summed E-state index contributed by atoms with van der Waals surface area (Å²) < 4.78 is 0. The zero-order valence-electron chi connectivity index (χ0n) is 13.0. The van der Waals surface area contributed by atoms with Crippen LogP contribution in [-0.2, 0) is 6.42 Å². The number of nitrogens with zero attached hydrogens (tertiary/aromatic N) is 1. The Morgan fingerprint density at radius 2 is 1.95 bits per heavy atom. The van der Waals surface area contributed by atoms with E-state index in [1.54, 1.807) is 0 Å². The lowest BCUT2D eigenvalue weighted by atomic mass is 9.99. The number of rotatable bonds is 7. The molecule has 0 fully saturated rings. The summed E-state index contributed by atoms with van der Waals surface area (Å²) >= 11 is 0. The quantitative estimate of drug-likeness (QED) is 0.771. The van der Waals surface area contributed by atoms with E-state index in [0.29, 0.717) is 5.56 Å². The van der Waals surface area contributed by atoms with Crippen LogP contribution in [0.5, 0.6) is 0 Å². The normalized spacial score (nSPS) is 10.6. The number of aryl methyl sites for hydroxylation is 2. The number of primary amides is 1. The highest BCUT2D eigenvalue weighted by Gasteiger charge is 2.08. The molecule has 22 heavy (non-hydrogen) atoms. The predicted octanol–water partition coefficient (Wildman–Crippen LogP) is 2.83. The second-order valence-corrected chi connectivity index (χ2v) is 5.60. The van der Waals surface area contributed by atoms with Crippen LogP contribution in [0, 0.1) is 6.92 Å². The molecule has 4 N–H and O–H groups in total. The standard InChI is InChI=1S/C18H23N3O/c1-13-6-7-17(21-12-13)15-9-14(5-3-2-4-8-19)10-16(11-15)18(20)22/h6-7,9-12H,2-5,8,19H2,1H3,(H2,20,22). The third kappa shape index (κ3) is 4.40. The van der Waals surface area contributed by atoms with Crippen LogP contribution in [0.4, 0.5) is 0 Å². The Morgan fingerprint density at radius 3 is 2.59 bits per heavy atom. The van der Waals surface area contributed by atoms with Gasteiger partial charge in [0.05, 0.1) is 5.69 Å². The van der Waals surface area contributed by atoms with E-state index < -0.39 is 5.91 Å². The molecule has 4 heteroatoms. The molecular formula is C18H23N3O. The van der Waals surface area contributed by atoms with Crippen molar-refractivity contribution in [1.29, 1.82) is 0 Å². The number of carbonyl (C=O) groups is 1. The summed E-state index contributed by atoms with van der Waals surface area (Å²) in [5.74, 6) is -0.405. The van der Waals surface area contributed by atoms with E-state index in [-0.39, 0.29) is 0 Å². The number of amides is 1. The Labute approximate surface area is 131 Å². The Balaban J connectivity index is 2.26. The number of unbranched alkanes of at least 4 members (excludes halogenated alkanes) is 2. The van der Waals surface area contributed by atoms with Crippen molar-refractivity contribution in [2.24, 2.45) is 11.5 Å². The SMILES string of the molecule is Cc1ccc(-c2cc(CCCCCN)cc(C(N)=O)c2)nc1. The van der Waals surface area contributed by atoms with Crippen LogP contribution in [-0.4, -0.2) is 17.4 Å². The van der Waals surface area contributed by atoms with Crippen LogP contribution in [0.1, 0.15) is 40.7 Å². The Kier molecular flexibility index (Phi) is 5.67. The van der Waals surface area contributed by atoms with E-state index in [1.807, 2.05) is 37.4 Å². The zero-order chi connectivity index (χ0) is 15.9. The monoisotopic (exact) mass is 297 g/mol. The third-order valence-corrected chi connectivity index (χ3v) is 3.65. The molecule has 1 heterocycles. The zero-order valence-corrected chi connectivity index (χ0v) is 13.0. The Bertz CT molecular complexity index is 635. The highest BCUT2D eigenvalue weighted by atomic mass is 16.1. The number of hydrogen-bond acceptors (Lipinski definition) is 3. The molecule has 0 unspecified atom stereocenters. The van der Waals surface area contributed by atoms with Crippen molar-refractivity contribution in [1.82, 2.24) is 4.98 Å². The molecule has 1 aromatic carbocycles. The molecule has 0 saturated carbocycles. The summed E-state index contributed by atoms with van der Waals surface area (Å²) in [4.78, 5) is 16.0. The highest BCUT2D eigenvalue weighted by molar-refractivity contribution is 5.94. The maximum atomic E-state index is 11.6. The van der Waals surface area contributed by atoms with Gasteiger partial charge in [0.1, 0.15) is 0 Å². The molecule has 4 nitrogen and oxygen atoms in total. The molecule has 0 bridgehead atoms.